The minimum Gasteiger partial charge on any atom is -0.454 e. The largest absolute Gasteiger partial charge is 0.454 e. The summed E-state index contributed by atoms with van der Waals surface area (Å²) < 4.78 is 18.0. The smallest absolute Gasteiger partial charge is 0.161 e. The van der Waals surface area contributed by atoms with Crippen molar-refractivity contribution in [3.63, 3.8) is 0 Å². The van der Waals surface area contributed by atoms with Crippen molar-refractivity contribution in [3.05, 3.63) is 73.1 Å². The van der Waals surface area contributed by atoms with Crippen LogP contribution in [0.5, 0.6) is 0 Å². The van der Waals surface area contributed by atoms with Gasteiger partial charge >= 0.3 is 0 Å². The second-order valence-electron chi connectivity index (χ2n) is 8.93. The highest BCUT2D eigenvalue weighted by molar-refractivity contribution is 9.11. The average molecular weight is 697 g/mol. The Kier molecular flexibility index (Phi) is 5.39. The summed E-state index contributed by atoms with van der Waals surface area (Å²) in [5.41, 5.74) is 8.67. The molecule has 2 radical (unpaired) electrons. The third-order valence-corrected chi connectivity index (χ3v) is 11.6. The van der Waals surface area contributed by atoms with E-state index in [1.165, 1.54) is 5.56 Å². The fraction of sp³-hybridized carbons (Fsp3) is 0.0714. The van der Waals surface area contributed by atoms with E-state index < -0.39 is 0 Å². The molecule has 8 heteroatoms. The van der Waals surface area contributed by atoms with Crippen LogP contribution >= 0.6 is 70.5 Å². The fourth-order valence-electron chi connectivity index (χ4n) is 4.67. The van der Waals surface area contributed by atoms with E-state index in [-0.39, 0.29) is 0 Å². The molecule has 0 N–H and O–H groups in total. The van der Waals surface area contributed by atoms with Crippen LogP contribution < -0.4 is 5.46 Å². The maximum Gasteiger partial charge on any atom is 0.161 e. The monoisotopic (exact) mass is 694 g/mol. The highest BCUT2D eigenvalue weighted by Crippen LogP contribution is 2.51. The van der Waals surface area contributed by atoms with Crippen molar-refractivity contribution >= 4 is 126 Å². The zero-order valence-electron chi connectivity index (χ0n) is 19.0. The van der Waals surface area contributed by atoms with E-state index in [9.17, 15) is 0 Å². The number of benzene rings is 3. The molecular weight excluding hydrogens is 683 g/mol. The summed E-state index contributed by atoms with van der Waals surface area (Å²) in [6.07, 6.45) is 0. The second-order valence-corrected chi connectivity index (χ2v) is 13.4. The Bertz CT molecular complexity index is 1880. The Balaban J connectivity index is 1.43. The average Bonchev–Trinajstić information content (AvgIpc) is 3.54. The fourth-order valence-corrected chi connectivity index (χ4v) is 9.60. The normalized spacial score (nSPS) is 12.1. The Morgan fingerprint density at radius 1 is 0.667 bits per heavy atom. The van der Waals surface area contributed by atoms with Crippen LogP contribution in [0.25, 0.3) is 63.4 Å². The quantitative estimate of drug-likeness (QED) is 0.168. The van der Waals surface area contributed by atoms with Gasteiger partial charge in [0.25, 0.3) is 0 Å². The molecule has 7 aromatic rings. The van der Waals surface area contributed by atoms with Gasteiger partial charge in [0.15, 0.2) is 11.2 Å². The SMILES string of the molecule is [B]c1cc(C)ccc1-c1sc2c(oc3cc4c(cc32)oc2c(Br)c(-c3ccc(C)cc3Br)sc24)c1Br. The molecule has 3 aromatic carbocycles. The molecule has 0 atom stereocenters. The van der Waals surface area contributed by atoms with E-state index in [2.05, 4.69) is 97.2 Å². The van der Waals surface area contributed by atoms with Gasteiger partial charge in [0.1, 0.15) is 19.0 Å². The second kappa shape index (κ2) is 8.33. The standard InChI is InChI=1S/C28H14BBr3O2S2/c1-11-3-5-13(17(29)7-11)25-21(31)23-27(35-25)15-9-20-16(10-19(15)33-23)28-24(34-20)22(32)26(36-28)14-6-4-12(2)8-18(14)30/h3-10H,1-2H3. The summed E-state index contributed by atoms with van der Waals surface area (Å²) in [6.45, 7) is 4.14. The van der Waals surface area contributed by atoms with Crippen molar-refractivity contribution in [2.45, 2.75) is 13.8 Å². The first kappa shape index (κ1) is 23.3. The number of furan rings is 2. The number of aryl methyl sites for hydroxylation is 2. The molecule has 174 valence electrons. The van der Waals surface area contributed by atoms with Crippen molar-refractivity contribution in [1.82, 2.24) is 0 Å². The molecule has 0 spiro atoms. The summed E-state index contributed by atoms with van der Waals surface area (Å²) >= 11 is 14.7. The summed E-state index contributed by atoms with van der Waals surface area (Å²) in [5.74, 6) is 0. The number of hydrogen-bond donors (Lipinski definition) is 0. The van der Waals surface area contributed by atoms with Crippen LogP contribution in [0.1, 0.15) is 11.1 Å². The zero-order chi connectivity index (χ0) is 24.9. The van der Waals surface area contributed by atoms with Crippen molar-refractivity contribution in [2.24, 2.45) is 0 Å². The van der Waals surface area contributed by atoms with Gasteiger partial charge in [-0.3, -0.25) is 0 Å². The number of halogens is 3. The molecule has 36 heavy (non-hydrogen) atoms. The van der Waals surface area contributed by atoms with E-state index in [0.29, 0.717) is 0 Å². The summed E-state index contributed by atoms with van der Waals surface area (Å²) in [5, 5.41) is 2.09. The van der Waals surface area contributed by atoms with E-state index >= 15 is 0 Å². The molecule has 0 saturated heterocycles. The van der Waals surface area contributed by atoms with Crippen LogP contribution in [-0.4, -0.2) is 7.85 Å². The number of hydrogen-bond acceptors (Lipinski definition) is 4. The minimum absolute atomic E-state index is 0.762. The van der Waals surface area contributed by atoms with Crippen molar-refractivity contribution in [2.75, 3.05) is 0 Å². The topological polar surface area (TPSA) is 26.3 Å². The Hall–Kier alpha value is -1.84. The molecule has 0 aliphatic rings. The van der Waals surface area contributed by atoms with E-state index in [4.69, 9.17) is 16.7 Å². The lowest BCUT2D eigenvalue weighted by atomic mass is 9.88. The first-order valence-corrected chi connectivity index (χ1v) is 15.1. The van der Waals surface area contributed by atoms with Crippen LogP contribution in [0, 0.1) is 13.8 Å². The molecule has 7 rings (SSSR count). The maximum atomic E-state index is 6.41. The van der Waals surface area contributed by atoms with Gasteiger partial charge in [-0.2, -0.15) is 0 Å². The molecule has 2 nitrogen and oxygen atoms in total. The lowest BCUT2D eigenvalue weighted by Crippen LogP contribution is -2.06. The van der Waals surface area contributed by atoms with Crippen LogP contribution in [0.15, 0.2) is 70.8 Å². The molecular formula is C28H14BBr3O2S2. The first-order chi connectivity index (χ1) is 17.3. The molecule has 0 unspecified atom stereocenters. The van der Waals surface area contributed by atoms with Gasteiger partial charge in [0.2, 0.25) is 0 Å². The Morgan fingerprint density at radius 3 is 1.69 bits per heavy atom. The van der Waals surface area contributed by atoms with E-state index in [0.717, 1.165) is 87.8 Å². The summed E-state index contributed by atoms with van der Waals surface area (Å²) in [7, 11) is 6.35. The van der Waals surface area contributed by atoms with Gasteiger partial charge in [0.05, 0.1) is 28.1 Å². The molecule has 0 fully saturated rings. The maximum absolute atomic E-state index is 6.41. The third-order valence-electron chi connectivity index (χ3n) is 6.43. The Morgan fingerprint density at radius 2 is 1.17 bits per heavy atom. The number of fused-ring (bicyclic) bond motifs is 6. The van der Waals surface area contributed by atoms with Gasteiger partial charge in [0, 0.05) is 20.8 Å². The van der Waals surface area contributed by atoms with Gasteiger partial charge in [-0.15, -0.1) is 22.7 Å². The van der Waals surface area contributed by atoms with Crippen LogP contribution in [-0.2, 0) is 0 Å². The predicted octanol–water partition coefficient (Wildman–Crippen LogP) is 10.6. The number of thiophene rings is 2. The van der Waals surface area contributed by atoms with Gasteiger partial charge < -0.3 is 8.83 Å². The van der Waals surface area contributed by atoms with E-state index in [1.807, 2.05) is 13.0 Å². The number of rotatable bonds is 2. The Labute approximate surface area is 241 Å². The molecule has 4 aromatic heterocycles. The molecule has 0 aliphatic carbocycles. The van der Waals surface area contributed by atoms with E-state index in [1.54, 1.807) is 22.7 Å². The summed E-state index contributed by atoms with van der Waals surface area (Å²) in [6, 6.07) is 16.8. The van der Waals surface area contributed by atoms with Crippen LogP contribution in [0.4, 0.5) is 0 Å². The predicted molar refractivity (Wildman–Crippen MR) is 166 cm³/mol. The first-order valence-electron chi connectivity index (χ1n) is 11.1. The molecule has 4 heterocycles. The van der Waals surface area contributed by atoms with Gasteiger partial charge in [-0.05, 0) is 75.0 Å². The van der Waals surface area contributed by atoms with Crippen LogP contribution in [0.2, 0.25) is 0 Å². The van der Waals surface area contributed by atoms with Crippen molar-refractivity contribution in [1.29, 1.82) is 0 Å². The molecule has 0 saturated carbocycles. The van der Waals surface area contributed by atoms with Gasteiger partial charge in [-0.25, -0.2) is 0 Å². The van der Waals surface area contributed by atoms with Crippen molar-refractivity contribution in [3.8, 4) is 20.9 Å². The van der Waals surface area contributed by atoms with Crippen molar-refractivity contribution < 1.29 is 8.83 Å². The third kappa shape index (κ3) is 3.38. The molecule has 0 bridgehead atoms. The minimum atomic E-state index is 0.762. The highest BCUT2D eigenvalue weighted by Gasteiger charge is 2.24. The molecule has 0 amide bonds. The zero-order valence-corrected chi connectivity index (χ0v) is 25.4. The van der Waals surface area contributed by atoms with Crippen LogP contribution in [0.3, 0.4) is 0 Å². The summed E-state index contributed by atoms with van der Waals surface area (Å²) in [4.78, 5) is 2.21. The lowest BCUT2D eigenvalue weighted by Gasteiger charge is -2.05. The highest BCUT2D eigenvalue weighted by atomic mass is 79.9. The molecule has 0 aliphatic heterocycles. The van der Waals surface area contributed by atoms with Gasteiger partial charge in [-0.1, -0.05) is 57.3 Å². The lowest BCUT2D eigenvalue weighted by molar-refractivity contribution is 0.663.